The molecule has 12 rings (SSSR count). The molecule has 11 aromatic rings. The van der Waals surface area contributed by atoms with Gasteiger partial charge in [-0.25, -0.2) is 14.4 Å². The Bertz CT molecular complexity index is 3050. The van der Waals surface area contributed by atoms with E-state index in [1.54, 1.807) is 0 Å². The quantitative estimate of drug-likeness (QED) is 0.185. The average molecular weight is 614 g/mol. The summed E-state index contributed by atoms with van der Waals surface area (Å²) in [6.45, 7) is 4.74. The van der Waals surface area contributed by atoms with Crippen LogP contribution in [0.4, 0.5) is 0 Å². The van der Waals surface area contributed by atoms with E-state index in [0.29, 0.717) is 0 Å². The van der Waals surface area contributed by atoms with E-state index < -0.39 is 0 Å². The van der Waals surface area contributed by atoms with Crippen LogP contribution in [0, 0.1) is 0 Å². The van der Waals surface area contributed by atoms with Crippen molar-refractivity contribution in [3.63, 3.8) is 0 Å². The van der Waals surface area contributed by atoms with Crippen LogP contribution in [-0.4, -0.2) is 23.2 Å². The van der Waals surface area contributed by atoms with E-state index in [0.717, 1.165) is 50.2 Å². The second-order valence-corrected chi connectivity index (χ2v) is 14.0. The molecule has 4 aromatic heterocycles. The lowest BCUT2D eigenvalue weighted by atomic mass is 9.79. The molecule has 0 aliphatic heterocycles. The Morgan fingerprint density at radius 1 is 0.458 bits per heavy atom. The molecule has 1 aliphatic carbocycles. The van der Waals surface area contributed by atoms with Crippen LogP contribution < -0.4 is 0 Å². The Morgan fingerprint density at radius 2 is 0.958 bits per heavy atom. The Labute approximate surface area is 274 Å². The highest BCUT2D eigenvalue weighted by atomic mass is 15.3. The standard InChI is InChI=1S/C43H27N5/c1-43(2)32-17-8-7-14-30(32)31-16-9-15-29(39(31)43)28-22-37-40-38(23-28)47-36-21-27-13-6-4-11-25(27)19-34(36)45-42(47)48(40)41-44-33-18-24-10-3-5-12-26(24)20-35(33)46(37)41/h3-23H,1-2H3. The van der Waals surface area contributed by atoms with Crippen molar-refractivity contribution in [2.75, 3.05) is 0 Å². The van der Waals surface area contributed by atoms with Gasteiger partial charge >= 0.3 is 0 Å². The predicted octanol–water partition coefficient (Wildman–Crippen LogP) is 10.4. The lowest BCUT2D eigenvalue weighted by molar-refractivity contribution is 0.662. The summed E-state index contributed by atoms with van der Waals surface area (Å²) >= 11 is 0. The van der Waals surface area contributed by atoms with Crippen molar-refractivity contribution in [2.24, 2.45) is 0 Å². The van der Waals surface area contributed by atoms with E-state index >= 15 is 0 Å². The summed E-state index contributed by atoms with van der Waals surface area (Å²) in [4.78, 5) is 10.6. The maximum absolute atomic E-state index is 5.31. The van der Waals surface area contributed by atoms with Crippen molar-refractivity contribution in [3.8, 4) is 22.3 Å². The van der Waals surface area contributed by atoms with Gasteiger partial charge in [-0.05, 0) is 91.3 Å². The molecule has 0 unspecified atom stereocenters. The lowest BCUT2D eigenvalue weighted by Crippen LogP contribution is -2.16. The van der Waals surface area contributed by atoms with Gasteiger partial charge in [0.25, 0.3) is 0 Å². The summed E-state index contributed by atoms with van der Waals surface area (Å²) in [6, 6.07) is 46.6. The molecule has 0 spiro atoms. The van der Waals surface area contributed by atoms with Gasteiger partial charge in [0.05, 0.1) is 33.1 Å². The molecular weight excluding hydrogens is 587 g/mol. The normalized spacial score (nSPS) is 14.2. The van der Waals surface area contributed by atoms with Crippen molar-refractivity contribution in [3.05, 3.63) is 139 Å². The Hall–Kier alpha value is -6.20. The highest BCUT2D eigenvalue weighted by Crippen LogP contribution is 2.52. The molecular formula is C43H27N5. The summed E-state index contributed by atoms with van der Waals surface area (Å²) in [5.41, 5.74) is 15.4. The number of imidazole rings is 4. The van der Waals surface area contributed by atoms with E-state index in [2.05, 4.69) is 154 Å². The number of hydrogen-bond acceptors (Lipinski definition) is 2. The molecule has 0 bridgehead atoms. The third-order valence-corrected chi connectivity index (χ3v) is 11.1. The van der Waals surface area contributed by atoms with E-state index in [-0.39, 0.29) is 5.41 Å². The van der Waals surface area contributed by atoms with Crippen molar-refractivity contribution >= 4 is 71.7 Å². The zero-order valence-electron chi connectivity index (χ0n) is 26.4. The fourth-order valence-electron chi connectivity index (χ4n) is 8.98. The maximum Gasteiger partial charge on any atom is 0.223 e. The smallest absolute Gasteiger partial charge is 0.223 e. The first-order valence-electron chi connectivity index (χ1n) is 16.6. The molecule has 0 saturated heterocycles. The molecule has 0 saturated carbocycles. The summed E-state index contributed by atoms with van der Waals surface area (Å²) in [5.74, 6) is 1.77. The van der Waals surface area contributed by atoms with Crippen LogP contribution in [-0.2, 0) is 5.41 Å². The molecule has 7 aromatic carbocycles. The Kier molecular flexibility index (Phi) is 4.26. The first-order valence-corrected chi connectivity index (χ1v) is 16.6. The van der Waals surface area contributed by atoms with Crippen molar-refractivity contribution in [2.45, 2.75) is 19.3 Å². The zero-order valence-corrected chi connectivity index (χ0v) is 26.4. The molecule has 4 heterocycles. The van der Waals surface area contributed by atoms with Gasteiger partial charge in [-0.3, -0.25) is 8.80 Å². The summed E-state index contributed by atoms with van der Waals surface area (Å²) < 4.78 is 6.98. The SMILES string of the molecule is CC1(C)c2ccccc2-c2cccc(-c3cc4c5c(c3)n3c6cc7ccccc7cc6nc3n5c3nc5cc6ccccc6cc5n43)c21. The molecule has 1 aliphatic rings. The second-order valence-electron chi connectivity index (χ2n) is 14.0. The molecule has 48 heavy (non-hydrogen) atoms. The minimum Gasteiger partial charge on any atom is -0.276 e. The van der Waals surface area contributed by atoms with Crippen LogP contribution in [0.15, 0.2) is 127 Å². The fourth-order valence-corrected chi connectivity index (χ4v) is 8.98. The highest BCUT2D eigenvalue weighted by Gasteiger charge is 2.37. The summed E-state index contributed by atoms with van der Waals surface area (Å²) in [5, 5.41) is 4.80. The third kappa shape index (κ3) is 2.86. The average Bonchev–Trinajstić information content (AvgIpc) is 3.88. The number of aromatic nitrogens is 5. The first kappa shape index (κ1) is 25.0. The number of fused-ring (bicyclic) bond motifs is 15. The predicted molar refractivity (Wildman–Crippen MR) is 197 cm³/mol. The first-order chi connectivity index (χ1) is 23.5. The van der Waals surface area contributed by atoms with Gasteiger partial charge < -0.3 is 0 Å². The molecule has 5 heteroatoms. The van der Waals surface area contributed by atoms with Crippen LogP contribution in [0.3, 0.4) is 0 Å². The molecule has 0 N–H and O–H groups in total. The van der Waals surface area contributed by atoms with Gasteiger partial charge in [-0.15, -0.1) is 0 Å². The number of hydrogen-bond donors (Lipinski definition) is 0. The van der Waals surface area contributed by atoms with Gasteiger partial charge in [0.2, 0.25) is 11.6 Å². The molecule has 0 fully saturated rings. The molecule has 0 amide bonds. The van der Waals surface area contributed by atoms with E-state index in [9.17, 15) is 0 Å². The maximum atomic E-state index is 5.31. The third-order valence-electron chi connectivity index (χ3n) is 11.1. The van der Waals surface area contributed by atoms with Crippen LogP contribution in [0.1, 0.15) is 25.0 Å². The minimum absolute atomic E-state index is 0.133. The van der Waals surface area contributed by atoms with Crippen LogP contribution >= 0.6 is 0 Å². The molecule has 224 valence electrons. The molecule has 0 atom stereocenters. The zero-order chi connectivity index (χ0) is 31.5. The van der Waals surface area contributed by atoms with Crippen molar-refractivity contribution in [1.82, 2.24) is 23.2 Å². The summed E-state index contributed by atoms with van der Waals surface area (Å²) in [6.07, 6.45) is 0. The number of benzene rings is 7. The molecule has 5 nitrogen and oxygen atoms in total. The van der Waals surface area contributed by atoms with Crippen LogP contribution in [0.5, 0.6) is 0 Å². The van der Waals surface area contributed by atoms with E-state index in [1.807, 2.05) is 0 Å². The topological polar surface area (TPSA) is 39.0 Å². The monoisotopic (exact) mass is 613 g/mol. The number of nitrogens with zero attached hydrogens (tertiary/aromatic N) is 5. The Balaban J connectivity index is 1.28. The van der Waals surface area contributed by atoms with Crippen LogP contribution in [0.2, 0.25) is 0 Å². The van der Waals surface area contributed by atoms with E-state index in [4.69, 9.17) is 9.97 Å². The van der Waals surface area contributed by atoms with Gasteiger partial charge in [-0.2, -0.15) is 0 Å². The van der Waals surface area contributed by atoms with Crippen LogP contribution in [0.25, 0.3) is 94.0 Å². The molecule has 0 radical (unpaired) electrons. The second kappa shape index (κ2) is 8.20. The van der Waals surface area contributed by atoms with Gasteiger partial charge in [0, 0.05) is 5.41 Å². The number of rotatable bonds is 1. The highest BCUT2D eigenvalue weighted by molar-refractivity contribution is 6.09. The van der Waals surface area contributed by atoms with Gasteiger partial charge in [-0.1, -0.05) is 105 Å². The van der Waals surface area contributed by atoms with E-state index in [1.165, 1.54) is 54.9 Å². The lowest BCUT2D eigenvalue weighted by Gasteiger charge is -2.24. The Morgan fingerprint density at radius 3 is 1.56 bits per heavy atom. The fraction of sp³-hybridized carbons (Fsp3) is 0.0698. The van der Waals surface area contributed by atoms with Crippen molar-refractivity contribution in [1.29, 1.82) is 0 Å². The van der Waals surface area contributed by atoms with Crippen molar-refractivity contribution < 1.29 is 0 Å². The minimum atomic E-state index is -0.133. The van der Waals surface area contributed by atoms with Gasteiger partial charge in [0.1, 0.15) is 5.52 Å². The summed E-state index contributed by atoms with van der Waals surface area (Å²) in [7, 11) is 0. The largest absolute Gasteiger partial charge is 0.276 e. The van der Waals surface area contributed by atoms with Gasteiger partial charge in [0.15, 0.2) is 0 Å².